The van der Waals surface area contributed by atoms with E-state index in [1.165, 1.54) is 57.8 Å². The minimum Gasteiger partial charge on any atom is -0.516 e. The van der Waals surface area contributed by atoms with Gasteiger partial charge in [0, 0.05) is 0 Å². The zero-order valence-electron chi connectivity index (χ0n) is 11.3. The summed E-state index contributed by atoms with van der Waals surface area (Å²) < 4.78 is 0. The maximum Gasteiger partial charge on any atom is 0.0751 e. The summed E-state index contributed by atoms with van der Waals surface area (Å²) >= 11 is 0. The molecule has 1 N–H and O–H groups in total. The maximum absolute atomic E-state index is 8.45. The fraction of sp³-hybridized carbons (Fsp3) is 0.867. The highest BCUT2D eigenvalue weighted by Crippen LogP contribution is 2.16. The molecule has 0 saturated heterocycles. The quantitative estimate of drug-likeness (QED) is 0.358. The van der Waals surface area contributed by atoms with Crippen LogP contribution >= 0.6 is 0 Å². The normalized spacial score (nSPS) is 13.4. The topological polar surface area (TPSA) is 20.2 Å². The summed E-state index contributed by atoms with van der Waals surface area (Å²) in [5.41, 5.74) is 0. The average molecular weight is 226 g/mol. The molecule has 0 bridgehead atoms. The van der Waals surface area contributed by atoms with E-state index in [0.717, 1.165) is 18.6 Å². The van der Waals surface area contributed by atoms with Crippen LogP contribution in [0.5, 0.6) is 0 Å². The third kappa shape index (κ3) is 11.6. The molecule has 0 aliphatic carbocycles. The maximum atomic E-state index is 8.45. The van der Waals surface area contributed by atoms with Crippen molar-refractivity contribution in [1.29, 1.82) is 0 Å². The van der Waals surface area contributed by atoms with Gasteiger partial charge in [-0.15, -0.1) is 0 Å². The van der Waals surface area contributed by atoms with E-state index in [2.05, 4.69) is 13.8 Å². The van der Waals surface area contributed by atoms with Crippen LogP contribution in [0.3, 0.4) is 0 Å². The van der Waals surface area contributed by atoms with Gasteiger partial charge in [-0.2, -0.15) is 0 Å². The zero-order valence-corrected chi connectivity index (χ0v) is 11.3. The summed E-state index contributed by atoms with van der Waals surface area (Å²) in [6, 6.07) is 0. The average Bonchev–Trinajstić information content (AvgIpc) is 2.27. The van der Waals surface area contributed by atoms with Crippen molar-refractivity contribution < 1.29 is 5.11 Å². The van der Waals surface area contributed by atoms with Gasteiger partial charge in [-0.05, 0) is 18.8 Å². The summed E-state index contributed by atoms with van der Waals surface area (Å²) in [6.07, 6.45) is 16.3. The molecule has 96 valence electrons. The van der Waals surface area contributed by atoms with Gasteiger partial charge in [0.05, 0.1) is 6.26 Å². The Kier molecular flexibility index (Phi) is 12.2. The zero-order chi connectivity index (χ0) is 12.1. The molecule has 0 heterocycles. The molecule has 0 aliphatic heterocycles. The predicted octanol–water partition coefficient (Wildman–Crippen LogP) is 5.62. The lowest BCUT2D eigenvalue weighted by atomic mass is 9.98. The van der Waals surface area contributed by atoms with Gasteiger partial charge in [-0.25, -0.2) is 0 Å². The van der Waals surface area contributed by atoms with E-state index in [0.29, 0.717) is 0 Å². The van der Waals surface area contributed by atoms with Crippen LogP contribution < -0.4 is 0 Å². The van der Waals surface area contributed by atoms with Gasteiger partial charge in [0.2, 0.25) is 0 Å². The molecule has 1 nitrogen and oxygen atoms in total. The van der Waals surface area contributed by atoms with E-state index < -0.39 is 0 Å². The lowest BCUT2D eigenvalue weighted by molar-refractivity contribution is 0.451. The second kappa shape index (κ2) is 12.6. The number of hydrogen-bond donors (Lipinski definition) is 1. The monoisotopic (exact) mass is 226 g/mol. The van der Waals surface area contributed by atoms with Crippen LogP contribution in [0, 0.1) is 5.92 Å². The smallest absolute Gasteiger partial charge is 0.0751 e. The predicted molar refractivity (Wildman–Crippen MR) is 72.8 cm³/mol. The number of unbranched alkanes of at least 4 members (excludes halogenated alkanes) is 6. The lowest BCUT2D eigenvalue weighted by Crippen LogP contribution is -1.93. The second-order valence-corrected chi connectivity index (χ2v) is 4.98. The van der Waals surface area contributed by atoms with Gasteiger partial charge in [0.1, 0.15) is 0 Å². The molecule has 0 aromatic heterocycles. The molecule has 0 fully saturated rings. The first-order valence-corrected chi connectivity index (χ1v) is 7.10. The molecule has 0 aromatic carbocycles. The fourth-order valence-electron chi connectivity index (χ4n) is 2.17. The van der Waals surface area contributed by atoms with Crippen molar-refractivity contribution in [2.75, 3.05) is 0 Å². The number of aliphatic hydroxyl groups excluding tert-OH is 1. The van der Waals surface area contributed by atoms with Crippen LogP contribution in [0.25, 0.3) is 0 Å². The summed E-state index contributed by atoms with van der Waals surface area (Å²) in [5, 5.41) is 8.45. The van der Waals surface area contributed by atoms with Gasteiger partial charge in [0.15, 0.2) is 0 Å². The Hall–Kier alpha value is -0.460. The van der Waals surface area contributed by atoms with Crippen molar-refractivity contribution in [3.63, 3.8) is 0 Å². The fourth-order valence-corrected chi connectivity index (χ4v) is 2.17. The van der Waals surface area contributed by atoms with E-state index in [9.17, 15) is 0 Å². The molecule has 0 aromatic rings. The van der Waals surface area contributed by atoms with Gasteiger partial charge in [-0.3, -0.25) is 0 Å². The number of hydrogen-bond acceptors (Lipinski definition) is 1. The van der Waals surface area contributed by atoms with Crippen LogP contribution in [0.2, 0.25) is 0 Å². The van der Waals surface area contributed by atoms with E-state index >= 15 is 0 Å². The van der Waals surface area contributed by atoms with Crippen molar-refractivity contribution in [3.8, 4) is 0 Å². The molecule has 0 amide bonds. The highest BCUT2D eigenvalue weighted by atomic mass is 16.2. The third-order valence-electron chi connectivity index (χ3n) is 3.20. The van der Waals surface area contributed by atoms with Crippen LogP contribution in [-0.4, -0.2) is 5.11 Å². The molecule has 0 spiro atoms. The van der Waals surface area contributed by atoms with Crippen molar-refractivity contribution in [1.82, 2.24) is 0 Å². The minimum atomic E-state index is 0.930. The van der Waals surface area contributed by atoms with E-state index in [1.807, 2.05) is 6.08 Å². The Morgan fingerprint density at radius 3 is 2.19 bits per heavy atom. The number of aliphatic hydroxyl groups is 1. The molecule has 0 saturated carbocycles. The second-order valence-electron chi connectivity index (χ2n) is 4.98. The molecule has 0 radical (unpaired) electrons. The van der Waals surface area contributed by atoms with E-state index in [1.54, 1.807) is 0 Å². The minimum absolute atomic E-state index is 0.930. The highest BCUT2D eigenvalue weighted by Gasteiger charge is 1.99. The molecule has 16 heavy (non-hydrogen) atoms. The van der Waals surface area contributed by atoms with Gasteiger partial charge >= 0.3 is 0 Å². The molecule has 0 rings (SSSR count). The van der Waals surface area contributed by atoms with Crippen molar-refractivity contribution in [2.45, 2.75) is 78.1 Å². The number of rotatable bonds is 11. The molecule has 1 heteroatoms. The van der Waals surface area contributed by atoms with Gasteiger partial charge < -0.3 is 5.11 Å². The summed E-state index contributed by atoms with van der Waals surface area (Å²) in [7, 11) is 0. The Bertz CT molecular complexity index is 152. The highest BCUT2D eigenvalue weighted by molar-refractivity contribution is 4.70. The first-order chi connectivity index (χ1) is 7.81. The Labute approximate surface area is 102 Å². The SMILES string of the molecule is CCCC(C)CCCCCCCCC=CO. The van der Waals surface area contributed by atoms with E-state index in [-0.39, 0.29) is 0 Å². The van der Waals surface area contributed by atoms with Crippen molar-refractivity contribution in [3.05, 3.63) is 12.3 Å². The standard InChI is InChI=1S/C15H30O/c1-3-12-15(2)13-10-8-6-4-5-7-9-11-14-16/h11,14-16H,3-10,12-13H2,1-2H3. The number of allylic oxidation sites excluding steroid dienone is 1. The van der Waals surface area contributed by atoms with Crippen molar-refractivity contribution >= 4 is 0 Å². The first-order valence-electron chi connectivity index (χ1n) is 7.10. The Balaban J connectivity index is 3.03. The molecular weight excluding hydrogens is 196 g/mol. The third-order valence-corrected chi connectivity index (χ3v) is 3.20. The van der Waals surface area contributed by atoms with E-state index in [4.69, 9.17) is 5.11 Å². The summed E-state index contributed by atoms with van der Waals surface area (Å²) in [4.78, 5) is 0. The molecule has 1 unspecified atom stereocenters. The largest absolute Gasteiger partial charge is 0.516 e. The first kappa shape index (κ1) is 15.5. The van der Waals surface area contributed by atoms with Crippen LogP contribution in [0.15, 0.2) is 12.3 Å². The lowest BCUT2D eigenvalue weighted by Gasteiger charge is -2.08. The van der Waals surface area contributed by atoms with Gasteiger partial charge in [0.25, 0.3) is 0 Å². The van der Waals surface area contributed by atoms with Crippen LogP contribution in [0.1, 0.15) is 78.1 Å². The Morgan fingerprint density at radius 2 is 1.56 bits per heavy atom. The summed E-state index contributed by atoms with van der Waals surface area (Å²) in [6.45, 7) is 4.65. The van der Waals surface area contributed by atoms with Crippen LogP contribution in [-0.2, 0) is 0 Å². The molecular formula is C15H30O. The van der Waals surface area contributed by atoms with Gasteiger partial charge in [-0.1, -0.05) is 71.3 Å². The van der Waals surface area contributed by atoms with Crippen LogP contribution in [0.4, 0.5) is 0 Å². The molecule has 0 aliphatic rings. The van der Waals surface area contributed by atoms with Crippen molar-refractivity contribution in [2.24, 2.45) is 5.92 Å². The summed E-state index contributed by atoms with van der Waals surface area (Å²) in [5.74, 6) is 0.930. The molecule has 1 atom stereocenters. The Morgan fingerprint density at radius 1 is 0.938 bits per heavy atom.